The van der Waals surface area contributed by atoms with E-state index in [1.54, 1.807) is 6.07 Å². The van der Waals surface area contributed by atoms with Gasteiger partial charge in [-0.05, 0) is 33.0 Å². The Morgan fingerprint density at radius 2 is 1.93 bits per heavy atom. The average Bonchev–Trinajstić information content (AvgIpc) is 2.06. The van der Waals surface area contributed by atoms with Crippen molar-refractivity contribution in [2.24, 2.45) is 0 Å². The Morgan fingerprint density at radius 3 is 2.33 bits per heavy atom. The van der Waals surface area contributed by atoms with Crippen molar-refractivity contribution in [3.63, 3.8) is 0 Å². The molecule has 0 radical (unpaired) electrons. The number of halogens is 2. The highest BCUT2D eigenvalue weighted by molar-refractivity contribution is 9.10. The average molecular weight is 276 g/mol. The zero-order valence-corrected chi connectivity index (χ0v) is 10.3. The second-order valence-corrected chi connectivity index (χ2v) is 5.15. The van der Waals surface area contributed by atoms with E-state index in [1.165, 1.54) is 6.07 Å². The smallest absolute Gasteiger partial charge is 0.258 e. The van der Waals surface area contributed by atoms with Crippen LogP contribution < -0.4 is 0 Å². The maximum atomic E-state index is 13.3. The lowest BCUT2D eigenvalue weighted by atomic mass is 9.87. The first-order valence-electron chi connectivity index (χ1n) is 4.37. The molecule has 1 aromatic rings. The van der Waals surface area contributed by atoms with Gasteiger partial charge in [0.15, 0.2) is 0 Å². The molecule has 0 spiro atoms. The molecule has 0 aliphatic carbocycles. The molecule has 1 aromatic carbocycles. The molecule has 5 heteroatoms. The van der Waals surface area contributed by atoms with Crippen LogP contribution in [-0.2, 0) is 5.41 Å². The van der Waals surface area contributed by atoms with Crippen molar-refractivity contribution in [2.45, 2.75) is 26.2 Å². The molecule has 0 atom stereocenters. The molecule has 0 amide bonds. The Bertz CT molecular complexity index is 413. The summed E-state index contributed by atoms with van der Waals surface area (Å²) in [7, 11) is 0. The van der Waals surface area contributed by atoms with Gasteiger partial charge in [0.1, 0.15) is 0 Å². The standard InChI is InChI=1S/C10H11BrFNO2/c1-10(2,3)6-4-7(11)9(12)8(5-6)13(14)15/h4-5H,1-3H3. The second-order valence-electron chi connectivity index (χ2n) is 4.30. The van der Waals surface area contributed by atoms with Crippen molar-refractivity contribution >= 4 is 21.6 Å². The van der Waals surface area contributed by atoms with Crippen LogP contribution in [0.4, 0.5) is 10.1 Å². The second kappa shape index (κ2) is 3.89. The van der Waals surface area contributed by atoms with Crippen LogP contribution >= 0.6 is 15.9 Å². The predicted molar refractivity (Wildman–Crippen MR) is 59.5 cm³/mol. The quantitative estimate of drug-likeness (QED) is 0.578. The minimum absolute atomic E-state index is 0.127. The zero-order chi connectivity index (χ0) is 11.8. The van der Waals surface area contributed by atoms with Crippen molar-refractivity contribution in [1.29, 1.82) is 0 Å². The van der Waals surface area contributed by atoms with Gasteiger partial charge in [0, 0.05) is 6.07 Å². The summed E-state index contributed by atoms with van der Waals surface area (Å²) >= 11 is 2.98. The van der Waals surface area contributed by atoms with E-state index in [2.05, 4.69) is 15.9 Å². The Morgan fingerprint density at radius 1 is 1.40 bits per heavy atom. The number of nitro benzene ring substituents is 1. The first-order valence-corrected chi connectivity index (χ1v) is 5.16. The highest BCUT2D eigenvalue weighted by atomic mass is 79.9. The van der Waals surface area contributed by atoms with Crippen molar-refractivity contribution < 1.29 is 9.31 Å². The van der Waals surface area contributed by atoms with E-state index in [1.807, 2.05) is 20.8 Å². The van der Waals surface area contributed by atoms with Crippen LogP contribution in [0.15, 0.2) is 16.6 Å². The molecular weight excluding hydrogens is 265 g/mol. The van der Waals surface area contributed by atoms with Crippen LogP contribution in [0.3, 0.4) is 0 Å². The molecule has 0 saturated carbocycles. The lowest BCUT2D eigenvalue weighted by Gasteiger charge is -2.19. The van der Waals surface area contributed by atoms with Gasteiger partial charge in [-0.1, -0.05) is 20.8 Å². The minimum Gasteiger partial charge on any atom is -0.258 e. The molecule has 0 N–H and O–H groups in total. The Hall–Kier alpha value is -0.970. The van der Waals surface area contributed by atoms with Gasteiger partial charge in [-0.2, -0.15) is 4.39 Å². The van der Waals surface area contributed by atoms with E-state index < -0.39 is 16.4 Å². The summed E-state index contributed by atoms with van der Waals surface area (Å²) in [6.45, 7) is 5.74. The monoisotopic (exact) mass is 275 g/mol. The molecule has 0 aliphatic heterocycles. The number of hydrogen-bond acceptors (Lipinski definition) is 2. The third kappa shape index (κ3) is 2.53. The van der Waals surface area contributed by atoms with E-state index >= 15 is 0 Å². The van der Waals surface area contributed by atoms with E-state index in [9.17, 15) is 14.5 Å². The minimum atomic E-state index is -0.826. The van der Waals surface area contributed by atoms with Crippen molar-refractivity contribution in [3.05, 3.63) is 38.1 Å². The van der Waals surface area contributed by atoms with Crippen LogP contribution in [-0.4, -0.2) is 4.92 Å². The van der Waals surface area contributed by atoms with Crippen LogP contribution in [0.5, 0.6) is 0 Å². The lowest BCUT2D eigenvalue weighted by Crippen LogP contribution is -2.12. The molecule has 15 heavy (non-hydrogen) atoms. The number of rotatable bonds is 1. The van der Waals surface area contributed by atoms with Crippen LogP contribution in [0, 0.1) is 15.9 Å². The SMILES string of the molecule is CC(C)(C)c1cc(Br)c(F)c([N+](=O)[O-])c1. The molecule has 0 bridgehead atoms. The molecule has 0 aromatic heterocycles. The fraction of sp³-hybridized carbons (Fsp3) is 0.400. The molecule has 0 unspecified atom stereocenters. The summed E-state index contributed by atoms with van der Waals surface area (Å²) in [6, 6.07) is 2.85. The zero-order valence-electron chi connectivity index (χ0n) is 8.67. The number of nitrogens with zero attached hydrogens (tertiary/aromatic N) is 1. The van der Waals surface area contributed by atoms with Gasteiger partial charge >= 0.3 is 5.69 Å². The molecule has 3 nitrogen and oxygen atoms in total. The third-order valence-corrected chi connectivity index (χ3v) is 2.65. The maximum Gasteiger partial charge on any atom is 0.306 e. The Labute approximate surface area is 95.6 Å². The third-order valence-electron chi connectivity index (χ3n) is 2.07. The fourth-order valence-electron chi connectivity index (χ4n) is 1.14. The normalized spacial score (nSPS) is 11.5. The maximum absolute atomic E-state index is 13.3. The van der Waals surface area contributed by atoms with Gasteiger partial charge in [0.2, 0.25) is 5.82 Å². The van der Waals surface area contributed by atoms with Gasteiger partial charge < -0.3 is 0 Å². The van der Waals surface area contributed by atoms with Gasteiger partial charge in [-0.15, -0.1) is 0 Å². The predicted octanol–water partition coefficient (Wildman–Crippen LogP) is 3.79. The molecule has 1 rings (SSSR count). The number of nitro groups is 1. The highest BCUT2D eigenvalue weighted by Gasteiger charge is 2.23. The Kier molecular flexibility index (Phi) is 3.13. The van der Waals surface area contributed by atoms with Crippen LogP contribution in [0.1, 0.15) is 26.3 Å². The van der Waals surface area contributed by atoms with Crippen LogP contribution in [0.25, 0.3) is 0 Å². The summed E-state index contributed by atoms with van der Waals surface area (Å²) in [5, 5.41) is 10.6. The molecule has 0 aliphatic rings. The van der Waals surface area contributed by atoms with Crippen LogP contribution in [0.2, 0.25) is 0 Å². The van der Waals surface area contributed by atoms with E-state index in [0.29, 0.717) is 0 Å². The van der Waals surface area contributed by atoms with E-state index in [0.717, 1.165) is 5.56 Å². The largest absolute Gasteiger partial charge is 0.306 e. The number of benzene rings is 1. The molecule has 82 valence electrons. The van der Waals surface area contributed by atoms with E-state index in [4.69, 9.17) is 0 Å². The van der Waals surface area contributed by atoms with Crippen molar-refractivity contribution in [2.75, 3.05) is 0 Å². The summed E-state index contributed by atoms with van der Waals surface area (Å²) in [5.41, 5.74) is -0.0159. The first kappa shape index (κ1) is 12.1. The summed E-state index contributed by atoms with van der Waals surface area (Å²) in [6.07, 6.45) is 0. The summed E-state index contributed by atoms with van der Waals surface area (Å²) in [4.78, 5) is 9.88. The van der Waals surface area contributed by atoms with E-state index in [-0.39, 0.29) is 9.89 Å². The Balaban J connectivity index is 3.43. The first-order chi connectivity index (χ1) is 6.73. The van der Waals surface area contributed by atoms with Gasteiger partial charge in [-0.3, -0.25) is 10.1 Å². The van der Waals surface area contributed by atoms with Crippen molar-refractivity contribution in [3.8, 4) is 0 Å². The van der Waals surface area contributed by atoms with Gasteiger partial charge in [0.05, 0.1) is 9.40 Å². The summed E-state index contributed by atoms with van der Waals surface area (Å²) < 4.78 is 13.5. The van der Waals surface area contributed by atoms with Gasteiger partial charge in [-0.25, -0.2) is 0 Å². The topological polar surface area (TPSA) is 43.1 Å². The van der Waals surface area contributed by atoms with Crippen molar-refractivity contribution in [1.82, 2.24) is 0 Å². The number of hydrogen-bond donors (Lipinski definition) is 0. The summed E-state index contributed by atoms with van der Waals surface area (Å²) in [5.74, 6) is -0.826. The molecular formula is C10H11BrFNO2. The molecule has 0 saturated heterocycles. The highest BCUT2D eigenvalue weighted by Crippen LogP contribution is 2.32. The lowest BCUT2D eigenvalue weighted by molar-refractivity contribution is -0.387. The molecule has 0 heterocycles. The van der Waals surface area contributed by atoms with Gasteiger partial charge in [0.25, 0.3) is 0 Å². The fourth-order valence-corrected chi connectivity index (χ4v) is 1.59. The molecule has 0 fully saturated rings.